The van der Waals surface area contributed by atoms with Crippen LogP contribution in [-0.2, 0) is 4.74 Å². The first-order chi connectivity index (χ1) is 10.5. The Morgan fingerprint density at radius 3 is 2.50 bits per heavy atom. The van der Waals surface area contributed by atoms with Gasteiger partial charge in [0.05, 0.1) is 25.3 Å². The topological polar surface area (TPSA) is 90.6 Å². The van der Waals surface area contributed by atoms with Crippen molar-refractivity contribution in [2.75, 3.05) is 25.3 Å². The highest BCUT2D eigenvalue weighted by atomic mass is 16.5. The molecule has 0 spiro atoms. The Morgan fingerprint density at radius 2 is 1.86 bits per heavy atom. The monoisotopic (exact) mass is 300 g/mol. The van der Waals surface area contributed by atoms with Crippen molar-refractivity contribution in [2.24, 2.45) is 0 Å². The van der Waals surface area contributed by atoms with Crippen LogP contribution in [0.25, 0.3) is 0 Å². The van der Waals surface area contributed by atoms with Gasteiger partial charge in [-0.15, -0.1) is 0 Å². The Labute approximate surface area is 127 Å². The molecule has 6 heteroatoms. The zero-order chi connectivity index (χ0) is 16.1. The van der Waals surface area contributed by atoms with Crippen molar-refractivity contribution in [2.45, 2.75) is 0 Å². The summed E-state index contributed by atoms with van der Waals surface area (Å²) in [7, 11) is 2.82. The minimum atomic E-state index is -0.472. The summed E-state index contributed by atoms with van der Waals surface area (Å²) >= 11 is 0. The molecule has 22 heavy (non-hydrogen) atoms. The van der Waals surface area contributed by atoms with Crippen molar-refractivity contribution in [3.05, 3.63) is 53.6 Å². The zero-order valence-electron chi connectivity index (χ0n) is 12.3. The third kappa shape index (κ3) is 3.35. The Morgan fingerprint density at radius 1 is 1.09 bits per heavy atom. The molecule has 0 radical (unpaired) electrons. The van der Waals surface area contributed by atoms with Crippen LogP contribution in [0, 0.1) is 0 Å². The number of hydrogen-bond acceptors (Lipinski definition) is 5. The van der Waals surface area contributed by atoms with Gasteiger partial charge in [0.1, 0.15) is 5.75 Å². The maximum atomic E-state index is 12.2. The number of hydrogen-bond donors (Lipinski definition) is 2. The van der Waals surface area contributed by atoms with Crippen LogP contribution >= 0.6 is 0 Å². The second-order valence-corrected chi connectivity index (χ2v) is 4.48. The second kappa shape index (κ2) is 6.62. The molecule has 6 nitrogen and oxygen atoms in total. The molecule has 0 bridgehead atoms. The number of nitrogen functional groups attached to an aromatic ring is 1. The molecule has 0 atom stereocenters. The Kier molecular flexibility index (Phi) is 4.63. The molecular formula is C16H16N2O4. The van der Waals surface area contributed by atoms with Gasteiger partial charge in [-0.25, -0.2) is 4.79 Å². The number of ether oxygens (including phenoxy) is 2. The summed E-state index contributed by atoms with van der Waals surface area (Å²) in [4.78, 5) is 23.7. The number of nitrogens with one attached hydrogen (secondary N) is 1. The maximum absolute atomic E-state index is 12.2. The van der Waals surface area contributed by atoms with Gasteiger partial charge in [-0.2, -0.15) is 0 Å². The first-order valence-corrected chi connectivity index (χ1v) is 6.48. The van der Waals surface area contributed by atoms with Gasteiger partial charge in [-0.3, -0.25) is 4.79 Å². The van der Waals surface area contributed by atoms with E-state index in [1.54, 1.807) is 36.4 Å². The quantitative estimate of drug-likeness (QED) is 0.668. The third-order valence-corrected chi connectivity index (χ3v) is 3.04. The van der Waals surface area contributed by atoms with Crippen molar-refractivity contribution in [3.63, 3.8) is 0 Å². The van der Waals surface area contributed by atoms with Crippen molar-refractivity contribution < 1.29 is 19.1 Å². The first kappa shape index (κ1) is 15.4. The molecule has 0 saturated carbocycles. The van der Waals surface area contributed by atoms with Crippen molar-refractivity contribution >= 4 is 23.3 Å². The summed E-state index contributed by atoms with van der Waals surface area (Å²) in [5.41, 5.74) is 7.29. The molecule has 0 aromatic heterocycles. The van der Waals surface area contributed by atoms with E-state index in [2.05, 4.69) is 10.1 Å². The van der Waals surface area contributed by atoms with Crippen LogP contribution in [0.4, 0.5) is 11.4 Å². The molecule has 0 aliphatic heterocycles. The lowest BCUT2D eigenvalue weighted by molar-refractivity contribution is 0.0600. The lowest BCUT2D eigenvalue weighted by atomic mass is 10.1. The number of anilines is 2. The standard InChI is InChI=1S/C16H16N2O4/c1-21-12-6-7-13(14(17)9-12)15(19)18-11-5-3-4-10(8-11)16(20)22-2/h3-9H,17H2,1-2H3,(H,18,19). The summed E-state index contributed by atoms with van der Waals surface area (Å²) < 4.78 is 9.68. The van der Waals surface area contributed by atoms with E-state index in [4.69, 9.17) is 10.5 Å². The minimum absolute atomic E-state index is 0.306. The van der Waals surface area contributed by atoms with Gasteiger partial charge in [0.15, 0.2) is 0 Å². The van der Waals surface area contributed by atoms with Crippen LogP contribution in [0.15, 0.2) is 42.5 Å². The van der Waals surface area contributed by atoms with Gasteiger partial charge >= 0.3 is 5.97 Å². The van der Waals surface area contributed by atoms with E-state index in [0.717, 1.165) is 0 Å². The fourth-order valence-corrected chi connectivity index (χ4v) is 1.91. The van der Waals surface area contributed by atoms with Crippen LogP contribution in [0.1, 0.15) is 20.7 Å². The number of benzene rings is 2. The Hall–Kier alpha value is -3.02. The van der Waals surface area contributed by atoms with E-state index in [1.165, 1.54) is 20.3 Å². The normalized spacial score (nSPS) is 9.91. The summed E-state index contributed by atoms with van der Waals surface area (Å²) in [5, 5.41) is 2.69. The summed E-state index contributed by atoms with van der Waals surface area (Å²) in [6.45, 7) is 0. The van der Waals surface area contributed by atoms with Gasteiger partial charge in [0.2, 0.25) is 0 Å². The Bertz CT molecular complexity index is 713. The Balaban J connectivity index is 2.20. The van der Waals surface area contributed by atoms with Gasteiger partial charge < -0.3 is 20.5 Å². The molecule has 3 N–H and O–H groups in total. The average Bonchev–Trinajstić information content (AvgIpc) is 2.53. The highest BCUT2D eigenvalue weighted by Gasteiger charge is 2.12. The molecule has 0 heterocycles. The number of nitrogens with two attached hydrogens (primary N) is 1. The molecule has 0 aliphatic rings. The van der Waals surface area contributed by atoms with E-state index < -0.39 is 5.97 Å². The second-order valence-electron chi connectivity index (χ2n) is 4.48. The molecule has 0 saturated heterocycles. The van der Waals surface area contributed by atoms with E-state index in [-0.39, 0.29) is 5.91 Å². The van der Waals surface area contributed by atoms with E-state index in [1.807, 2.05) is 0 Å². The van der Waals surface area contributed by atoms with Crippen LogP contribution in [-0.4, -0.2) is 26.1 Å². The lowest BCUT2D eigenvalue weighted by Gasteiger charge is -2.09. The van der Waals surface area contributed by atoms with Gasteiger partial charge in [-0.1, -0.05) is 6.07 Å². The number of esters is 1. The SMILES string of the molecule is COC(=O)c1cccc(NC(=O)c2ccc(OC)cc2N)c1. The molecule has 0 fully saturated rings. The predicted molar refractivity (Wildman–Crippen MR) is 83.1 cm³/mol. The van der Waals surface area contributed by atoms with Crippen LogP contribution in [0.3, 0.4) is 0 Å². The van der Waals surface area contributed by atoms with E-state index in [9.17, 15) is 9.59 Å². The molecular weight excluding hydrogens is 284 g/mol. The lowest BCUT2D eigenvalue weighted by Crippen LogP contribution is -2.14. The fourth-order valence-electron chi connectivity index (χ4n) is 1.91. The molecule has 2 rings (SSSR count). The van der Waals surface area contributed by atoms with Crippen LogP contribution in [0.2, 0.25) is 0 Å². The molecule has 0 aliphatic carbocycles. The molecule has 1 amide bonds. The smallest absolute Gasteiger partial charge is 0.337 e. The molecule has 2 aromatic rings. The molecule has 2 aromatic carbocycles. The highest BCUT2D eigenvalue weighted by Crippen LogP contribution is 2.21. The largest absolute Gasteiger partial charge is 0.497 e. The minimum Gasteiger partial charge on any atom is -0.497 e. The van der Waals surface area contributed by atoms with Gasteiger partial charge in [0.25, 0.3) is 5.91 Å². The maximum Gasteiger partial charge on any atom is 0.337 e. The average molecular weight is 300 g/mol. The number of carbonyl (C=O) groups excluding carboxylic acids is 2. The molecule has 0 unspecified atom stereocenters. The number of methoxy groups -OCH3 is 2. The molecule has 114 valence electrons. The summed E-state index contributed by atoms with van der Waals surface area (Å²) in [5.74, 6) is -0.274. The summed E-state index contributed by atoms with van der Waals surface area (Å²) in [6, 6.07) is 11.2. The fraction of sp³-hybridized carbons (Fsp3) is 0.125. The number of carbonyl (C=O) groups is 2. The van der Waals surface area contributed by atoms with Crippen molar-refractivity contribution in [1.82, 2.24) is 0 Å². The predicted octanol–water partition coefficient (Wildman–Crippen LogP) is 2.32. The van der Waals surface area contributed by atoms with E-state index >= 15 is 0 Å². The zero-order valence-corrected chi connectivity index (χ0v) is 12.3. The number of amides is 1. The number of rotatable bonds is 4. The summed E-state index contributed by atoms with van der Waals surface area (Å²) in [6.07, 6.45) is 0. The van der Waals surface area contributed by atoms with E-state index in [0.29, 0.717) is 28.3 Å². The van der Waals surface area contributed by atoms with Gasteiger partial charge in [0, 0.05) is 17.4 Å². The van der Waals surface area contributed by atoms with Crippen molar-refractivity contribution in [3.8, 4) is 5.75 Å². The first-order valence-electron chi connectivity index (χ1n) is 6.48. The van der Waals surface area contributed by atoms with Gasteiger partial charge in [-0.05, 0) is 30.3 Å². The van der Waals surface area contributed by atoms with Crippen LogP contribution < -0.4 is 15.8 Å². The van der Waals surface area contributed by atoms with Crippen LogP contribution in [0.5, 0.6) is 5.75 Å². The third-order valence-electron chi connectivity index (χ3n) is 3.04. The highest BCUT2D eigenvalue weighted by molar-refractivity contribution is 6.08. The van der Waals surface area contributed by atoms with Crippen molar-refractivity contribution in [1.29, 1.82) is 0 Å².